The van der Waals surface area contributed by atoms with Crippen molar-refractivity contribution in [2.45, 2.75) is 46.0 Å². The summed E-state index contributed by atoms with van der Waals surface area (Å²) in [7, 11) is -2.62. The molecule has 0 radical (unpaired) electrons. The van der Waals surface area contributed by atoms with Crippen LogP contribution in [0, 0.1) is 11.3 Å². The van der Waals surface area contributed by atoms with E-state index in [0.717, 1.165) is 12.8 Å². The number of rotatable bonds is 7. The van der Waals surface area contributed by atoms with E-state index in [1.54, 1.807) is 6.07 Å². The Bertz CT molecular complexity index is 206. The summed E-state index contributed by atoms with van der Waals surface area (Å²) in [6, 6.07) is 1.75. The van der Waals surface area contributed by atoms with Crippen LogP contribution in [0.3, 0.4) is 0 Å². The number of unbranched alkanes of at least 4 members (excludes halogenated alkanes) is 4. The van der Waals surface area contributed by atoms with Gasteiger partial charge < -0.3 is 0 Å². The van der Waals surface area contributed by atoms with Crippen LogP contribution in [0.15, 0.2) is 0 Å². The molecule has 0 bridgehead atoms. The summed E-state index contributed by atoms with van der Waals surface area (Å²) in [4.78, 5) is 0. The van der Waals surface area contributed by atoms with Gasteiger partial charge in [-0.1, -0.05) is 32.6 Å². The Balaban J connectivity index is -0.000000320. The molecule has 0 aromatic heterocycles. The summed E-state index contributed by atoms with van der Waals surface area (Å²) in [6.07, 6.45) is 5.52. The first kappa shape index (κ1) is 20.8. The third kappa shape index (κ3) is 31.4. The van der Waals surface area contributed by atoms with E-state index in [1.807, 2.05) is 0 Å². The molecule has 86 valence electrons. The maximum absolute atomic E-state index is 9.90. The van der Waals surface area contributed by atoms with Crippen LogP contribution in [0.2, 0.25) is 0 Å². The van der Waals surface area contributed by atoms with Gasteiger partial charge in [0.05, 0.1) is 12.7 Å². The molecule has 6 heteroatoms. The van der Waals surface area contributed by atoms with Gasteiger partial charge in [0.15, 0.2) is 0 Å². The average Bonchev–Trinajstić information content (AvgIpc) is 2.12. The molecule has 0 heterocycles. The fraction of sp³-hybridized carbons (Fsp3) is 0.889. The van der Waals surface area contributed by atoms with Crippen molar-refractivity contribution in [2.24, 2.45) is 0 Å². The van der Waals surface area contributed by atoms with E-state index in [9.17, 15) is 8.42 Å². The molecule has 0 unspecified atom stereocenters. The second kappa shape index (κ2) is 19.9. The summed E-state index contributed by atoms with van der Waals surface area (Å²) in [5.41, 5.74) is 0. The van der Waals surface area contributed by atoms with Crippen molar-refractivity contribution in [3.8, 4) is 6.07 Å². The molecule has 0 saturated heterocycles. The number of thiol groups is 1. The molecule has 0 spiro atoms. The third-order valence-corrected chi connectivity index (χ3v) is 1.84. The van der Waals surface area contributed by atoms with E-state index in [0.29, 0.717) is 6.61 Å². The van der Waals surface area contributed by atoms with E-state index in [-0.39, 0.29) is 29.6 Å². The molecular weight excluding hydrogens is 225 g/mol. The van der Waals surface area contributed by atoms with Gasteiger partial charge in [-0.25, -0.2) is 8.42 Å². The first-order valence-corrected chi connectivity index (χ1v) is 5.86. The van der Waals surface area contributed by atoms with Gasteiger partial charge >= 0.3 is 29.6 Å². The standard InChI is InChI=1S/C7H16O3S.C2H3N.Na.H/c1-2-3-4-5-6-7-10-11(8)9;1-2-3;;/h11H,2-7H2,1H3;1H3;;. The van der Waals surface area contributed by atoms with Crippen molar-refractivity contribution < 1.29 is 12.6 Å². The Hall–Kier alpha value is 0.400. The van der Waals surface area contributed by atoms with Crippen LogP contribution in [0.1, 0.15) is 46.0 Å². The van der Waals surface area contributed by atoms with E-state index in [2.05, 4.69) is 11.1 Å². The Morgan fingerprint density at radius 2 is 1.67 bits per heavy atom. The molecule has 0 aliphatic carbocycles. The first-order chi connectivity index (χ1) is 6.68. The summed E-state index contributed by atoms with van der Waals surface area (Å²) in [6.45, 7) is 3.92. The predicted molar refractivity (Wildman–Crippen MR) is 63.5 cm³/mol. The van der Waals surface area contributed by atoms with Gasteiger partial charge in [0, 0.05) is 6.92 Å². The van der Waals surface area contributed by atoms with Crippen LogP contribution in [0.25, 0.3) is 0 Å². The van der Waals surface area contributed by atoms with Crippen molar-refractivity contribution in [2.75, 3.05) is 6.61 Å². The van der Waals surface area contributed by atoms with Crippen LogP contribution in [0.4, 0.5) is 0 Å². The van der Waals surface area contributed by atoms with Gasteiger partial charge in [0.2, 0.25) is 0 Å². The minimum atomic E-state index is -2.62. The molecule has 0 atom stereocenters. The molecule has 0 aromatic rings. The average molecular weight is 245 g/mol. The zero-order chi connectivity index (χ0) is 11.2. The third-order valence-electron chi connectivity index (χ3n) is 1.44. The van der Waals surface area contributed by atoms with Crippen molar-refractivity contribution in [3.63, 3.8) is 0 Å². The second-order valence-electron chi connectivity index (χ2n) is 2.69. The Morgan fingerprint density at radius 3 is 2.07 bits per heavy atom. The van der Waals surface area contributed by atoms with E-state index >= 15 is 0 Å². The first-order valence-electron chi connectivity index (χ1n) is 4.77. The SMILES string of the molecule is CC#N.CCCCCCCO[SH](=O)=O.[NaH]. The van der Waals surface area contributed by atoms with Crippen molar-refractivity contribution in [1.29, 1.82) is 5.26 Å². The number of hydrogen-bond acceptors (Lipinski definition) is 4. The zero-order valence-electron chi connectivity index (χ0n) is 8.86. The molecule has 0 aliphatic rings. The van der Waals surface area contributed by atoms with Crippen LogP contribution in [0.5, 0.6) is 0 Å². The van der Waals surface area contributed by atoms with E-state index < -0.39 is 11.0 Å². The molecule has 0 N–H and O–H groups in total. The Labute approximate surface area is 116 Å². The Kier molecular flexibility index (Phi) is 27.5. The van der Waals surface area contributed by atoms with Gasteiger partial charge in [-0.15, -0.1) is 0 Å². The van der Waals surface area contributed by atoms with Crippen LogP contribution >= 0.6 is 0 Å². The molecule has 0 aliphatic heterocycles. The van der Waals surface area contributed by atoms with Crippen molar-refractivity contribution in [3.05, 3.63) is 0 Å². The molecule has 15 heavy (non-hydrogen) atoms. The van der Waals surface area contributed by atoms with Gasteiger partial charge in [-0.3, -0.25) is 4.18 Å². The Morgan fingerprint density at radius 1 is 1.20 bits per heavy atom. The predicted octanol–water partition coefficient (Wildman–Crippen LogP) is 1.38. The van der Waals surface area contributed by atoms with Crippen molar-refractivity contribution in [1.82, 2.24) is 0 Å². The fourth-order valence-electron chi connectivity index (χ4n) is 0.845. The molecule has 0 rings (SSSR count). The van der Waals surface area contributed by atoms with Crippen LogP contribution in [-0.4, -0.2) is 44.6 Å². The molecular formula is C9H20NNaO3S. The monoisotopic (exact) mass is 245 g/mol. The second-order valence-corrected chi connectivity index (χ2v) is 3.40. The van der Waals surface area contributed by atoms with Gasteiger partial charge in [-0.05, 0) is 6.42 Å². The van der Waals surface area contributed by atoms with Gasteiger partial charge in [-0.2, -0.15) is 5.26 Å². The summed E-state index contributed by atoms with van der Waals surface area (Å²) < 4.78 is 24.2. The molecule has 0 saturated carbocycles. The van der Waals surface area contributed by atoms with Gasteiger partial charge in [0.25, 0.3) is 11.0 Å². The summed E-state index contributed by atoms with van der Waals surface area (Å²) in [5, 5.41) is 7.32. The zero-order valence-corrected chi connectivity index (χ0v) is 9.76. The van der Waals surface area contributed by atoms with E-state index in [1.165, 1.54) is 26.2 Å². The normalized spacial score (nSPS) is 8.40. The van der Waals surface area contributed by atoms with Gasteiger partial charge in [0.1, 0.15) is 0 Å². The van der Waals surface area contributed by atoms with E-state index in [4.69, 9.17) is 5.26 Å². The summed E-state index contributed by atoms with van der Waals surface area (Å²) in [5.74, 6) is 0. The van der Waals surface area contributed by atoms with Crippen molar-refractivity contribution >= 4 is 40.5 Å². The summed E-state index contributed by atoms with van der Waals surface area (Å²) >= 11 is 0. The minimum absolute atomic E-state index is 0. The molecule has 0 amide bonds. The fourth-order valence-corrected chi connectivity index (χ4v) is 1.12. The number of nitrogens with zero attached hydrogens (tertiary/aromatic N) is 1. The van der Waals surface area contributed by atoms with Crippen LogP contribution < -0.4 is 0 Å². The maximum atomic E-state index is 9.90. The molecule has 0 aromatic carbocycles. The number of hydrogen-bond donors (Lipinski definition) is 1. The topological polar surface area (TPSA) is 67.2 Å². The van der Waals surface area contributed by atoms with Crippen LogP contribution in [-0.2, 0) is 15.2 Å². The molecule has 4 nitrogen and oxygen atoms in total. The quantitative estimate of drug-likeness (QED) is 0.418. The molecule has 0 fully saturated rings. The number of nitriles is 1.